The number of benzene rings is 1. The molecule has 2 aromatic rings. The van der Waals surface area contributed by atoms with Crippen molar-refractivity contribution in [3.63, 3.8) is 0 Å². The van der Waals surface area contributed by atoms with Gasteiger partial charge in [0.2, 0.25) is 5.95 Å². The number of aliphatic hydroxyl groups is 1. The third kappa shape index (κ3) is 3.64. The normalized spacial score (nSPS) is 18.7. The maximum Gasteiger partial charge on any atom is 0.201 e. The molecule has 2 aliphatic rings. The van der Waals surface area contributed by atoms with E-state index in [9.17, 15) is 5.11 Å². The van der Waals surface area contributed by atoms with Crippen molar-refractivity contribution in [1.29, 1.82) is 0 Å². The maximum atomic E-state index is 10.0. The number of nitrogens with one attached hydrogen (secondary N) is 2. The van der Waals surface area contributed by atoms with Gasteiger partial charge in [-0.2, -0.15) is 0 Å². The van der Waals surface area contributed by atoms with Crippen LogP contribution in [0, 0.1) is 11.8 Å². The van der Waals surface area contributed by atoms with E-state index in [4.69, 9.17) is 4.84 Å². The van der Waals surface area contributed by atoms with Crippen LogP contribution >= 0.6 is 0 Å². The number of aromatic amines is 1. The molecule has 0 saturated heterocycles. The molecule has 2 aliphatic carbocycles. The molecule has 3 N–H and O–H groups in total. The summed E-state index contributed by atoms with van der Waals surface area (Å²) in [5.41, 5.74) is 3.11. The molecular weight excluding hydrogens is 292 g/mol. The standard InChI is InChI=1S/C17H22N4O2/c22-13(10-23-21-16(11-5-6-11)12-7-8-12)9-18-17-19-14-3-1-2-4-15(14)20-17/h1-4,11-13,22H,5-10H2,(H2,18,19,20)/t13-/m0/s1. The molecule has 6 heteroatoms. The van der Waals surface area contributed by atoms with Gasteiger partial charge in [0, 0.05) is 18.4 Å². The molecular formula is C17H22N4O2. The van der Waals surface area contributed by atoms with Gasteiger partial charge in [-0.15, -0.1) is 0 Å². The van der Waals surface area contributed by atoms with E-state index in [1.165, 1.54) is 31.4 Å². The van der Waals surface area contributed by atoms with Crippen LogP contribution in [-0.4, -0.2) is 40.0 Å². The minimum Gasteiger partial charge on any atom is -0.393 e. The van der Waals surface area contributed by atoms with Gasteiger partial charge in [-0.3, -0.25) is 0 Å². The molecule has 0 bridgehead atoms. The highest BCUT2D eigenvalue weighted by atomic mass is 16.6. The summed E-state index contributed by atoms with van der Waals surface area (Å²) in [6.07, 6.45) is 4.36. The van der Waals surface area contributed by atoms with Crippen LogP contribution in [0.15, 0.2) is 29.4 Å². The summed E-state index contributed by atoms with van der Waals surface area (Å²) in [6.45, 7) is 0.577. The Morgan fingerprint density at radius 1 is 1.30 bits per heavy atom. The minimum absolute atomic E-state index is 0.205. The number of fused-ring (bicyclic) bond motifs is 1. The molecule has 122 valence electrons. The third-order valence-electron chi connectivity index (χ3n) is 4.32. The number of H-pyrrole nitrogens is 1. The second kappa shape index (κ2) is 6.20. The highest BCUT2D eigenvalue weighted by molar-refractivity contribution is 5.92. The lowest BCUT2D eigenvalue weighted by Crippen LogP contribution is -2.24. The predicted octanol–water partition coefficient (Wildman–Crippen LogP) is 2.53. The van der Waals surface area contributed by atoms with Crippen molar-refractivity contribution in [3.8, 4) is 0 Å². The third-order valence-corrected chi connectivity index (χ3v) is 4.32. The summed E-state index contributed by atoms with van der Waals surface area (Å²) in [4.78, 5) is 13.0. The van der Waals surface area contributed by atoms with Crippen molar-refractivity contribution < 1.29 is 9.94 Å². The van der Waals surface area contributed by atoms with Gasteiger partial charge in [-0.25, -0.2) is 4.98 Å². The van der Waals surface area contributed by atoms with Crippen LogP contribution in [-0.2, 0) is 4.84 Å². The second-order valence-corrected chi connectivity index (χ2v) is 6.50. The van der Waals surface area contributed by atoms with E-state index in [-0.39, 0.29) is 6.61 Å². The molecule has 1 heterocycles. The number of imidazole rings is 1. The number of rotatable bonds is 8. The van der Waals surface area contributed by atoms with Gasteiger partial charge in [0.15, 0.2) is 0 Å². The fourth-order valence-electron chi connectivity index (χ4n) is 2.75. The van der Waals surface area contributed by atoms with Gasteiger partial charge < -0.3 is 20.2 Å². The van der Waals surface area contributed by atoms with Crippen LogP contribution in [0.5, 0.6) is 0 Å². The highest BCUT2D eigenvalue weighted by Gasteiger charge is 2.38. The average molecular weight is 314 g/mol. The molecule has 1 aromatic heterocycles. The van der Waals surface area contributed by atoms with Crippen LogP contribution in [0.25, 0.3) is 11.0 Å². The smallest absolute Gasteiger partial charge is 0.201 e. The van der Waals surface area contributed by atoms with E-state index in [2.05, 4.69) is 20.4 Å². The SMILES string of the molecule is O[C@@H](CNc1nc2ccccc2[nH]1)CON=C(C1CC1)C1CC1. The van der Waals surface area contributed by atoms with Crippen molar-refractivity contribution in [2.45, 2.75) is 31.8 Å². The first-order valence-electron chi connectivity index (χ1n) is 8.36. The first-order chi connectivity index (χ1) is 11.3. The lowest BCUT2D eigenvalue weighted by Gasteiger charge is -2.10. The Bertz CT molecular complexity index is 656. The number of hydrogen-bond acceptors (Lipinski definition) is 5. The van der Waals surface area contributed by atoms with E-state index in [0.29, 0.717) is 24.3 Å². The van der Waals surface area contributed by atoms with Crippen LogP contribution in [0.3, 0.4) is 0 Å². The molecule has 6 nitrogen and oxygen atoms in total. The van der Waals surface area contributed by atoms with Crippen molar-refractivity contribution >= 4 is 22.7 Å². The van der Waals surface area contributed by atoms with Crippen molar-refractivity contribution in [2.75, 3.05) is 18.5 Å². The van der Waals surface area contributed by atoms with Gasteiger partial charge in [0.1, 0.15) is 12.7 Å². The Balaban J connectivity index is 1.25. The Kier molecular flexibility index (Phi) is 3.91. The zero-order chi connectivity index (χ0) is 15.6. The lowest BCUT2D eigenvalue weighted by atomic mass is 10.2. The Labute approximate surface area is 134 Å². The molecule has 0 aliphatic heterocycles. The van der Waals surface area contributed by atoms with Crippen LogP contribution < -0.4 is 5.32 Å². The zero-order valence-corrected chi connectivity index (χ0v) is 13.0. The van der Waals surface area contributed by atoms with E-state index in [1.54, 1.807) is 0 Å². The van der Waals surface area contributed by atoms with Gasteiger partial charge in [-0.05, 0) is 37.8 Å². The van der Waals surface area contributed by atoms with E-state index >= 15 is 0 Å². The van der Waals surface area contributed by atoms with Gasteiger partial charge in [0.25, 0.3) is 0 Å². The maximum absolute atomic E-state index is 10.0. The molecule has 23 heavy (non-hydrogen) atoms. The largest absolute Gasteiger partial charge is 0.393 e. The number of nitrogens with zero attached hydrogens (tertiary/aromatic N) is 2. The van der Waals surface area contributed by atoms with Crippen molar-refractivity contribution in [2.24, 2.45) is 17.0 Å². The number of oxime groups is 1. The quantitative estimate of drug-likeness (QED) is 0.516. The second-order valence-electron chi connectivity index (χ2n) is 6.50. The summed E-state index contributed by atoms with van der Waals surface area (Å²) in [7, 11) is 0. The highest BCUT2D eigenvalue weighted by Crippen LogP contribution is 2.42. The van der Waals surface area contributed by atoms with E-state index in [0.717, 1.165) is 11.0 Å². The lowest BCUT2D eigenvalue weighted by molar-refractivity contribution is 0.0461. The average Bonchev–Trinajstić information content (AvgIpc) is 3.47. The Morgan fingerprint density at radius 3 is 2.74 bits per heavy atom. The van der Waals surface area contributed by atoms with Crippen LogP contribution in [0.1, 0.15) is 25.7 Å². The minimum atomic E-state index is -0.619. The van der Waals surface area contributed by atoms with Gasteiger partial charge in [0.05, 0.1) is 16.7 Å². The summed E-state index contributed by atoms with van der Waals surface area (Å²) < 4.78 is 0. The fraction of sp³-hybridized carbons (Fsp3) is 0.529. The Hall–Kier alpha value is -2.08. The van der Waals surface area contributed by atoms with E-state index < -0.39 is 6.10 Å². The first kappa shape index (κ1) is 14.5. The summed E-state index contributed by atoms with van der Waals surface area (Å²) in [6, 6.07) is 7.83. The van der Waals surface area contributed by atoms with Gasteiger partial charge >= 0.3 is 0 Å². The molecule has 4 rings (SSSR count). The number of para-hydroxylation sites is 2. The molecule has 2 fully saturated rings. The topological polar surface area (TPSA) is 82.5 Å². The van der Waals surface area contributed by atoms with Gasteiger partial charge in [-0.1, -0.05) is 17.3 Å². The molecule has 1 atom stereocenters. The number of hydrogen-bond donors (Lipinski definition) is 3. The van der Waals surface area contributed by atoms with Crippen LogP contribution in [0.2, 0.25) is 0 Å². The Morgan fingerprint density at radius 2 is 2.04 bits per heavy atom. The number of aromatic nitrogens is 2. The monoisotopic (exact) mass is 314 g/mol. The summed E-state index contributed by atoms with van der Waals surface area (Å²) in [5.74, 6) is 1.95. The molecule has 0 unspecified atom stereocenters. The molecule has 0 spiro atoms. The summed E-state index contributed by atoms with van der Waals surface area (Å²) in [5, 5.41) is 17.4. The number of anilines is 1. The summed E-state index contributed by atoms with van der Waals surface area (Å²) >= 11 is 0. The van der Waals surface area contributed by atoms with E-state index in [1.807, 2.05) is 24.3 Å². The molecule has 2 saturated carbocycles. The zero-order valence-electron chi connectivity index (χ0n) is 13.0. The fourth-order valence-corrected chi connectivity index (χ4v) is 2.75. The number of aliphatic hydroxyl groups excluding tert-OH is 1. The molecule has 0 radical (unpaired) electrons. The van der Waals surface area contributed by atoms with Crippen molar-refractivity contribution in [3.05, 3.63) is 24.3 Å². The van der Waals surface area contributed by atoms with Crippen LogP contribution in [0.4, 0.5) is 5.95 Å². The predicted molar refractivity (Wildman–Crippen MR) is 89.4 cm³/mol. The molecule has 0 amide bonds. The van der Waals surface area contributed by atoms with Crippen molar-refractivity contribution in [1.82, 2.24) is 9.97 Å². The molecule has 1 aromatic carbocycles. The first-order valence-corrected chi connectivity index (χ1v) is 8.36.